The molecule has 1 fully saturated rings. The van der Waals surface area contributed by atoms with Gasteiger partial charge in [0.05, 0.1) is 0 Å². The van der Waals surface area contributed by atoms with Gasteiger partial charge in [-0.15, -0.1) is 0 Å². The average molecular weight is 215 g/mol. The summed E-state index contributed by atoms with van der Waals surface area (Å²) in [4.78, 5) is 0. The number of hydrogen-bond donors (Lipinski definition) is 1. The summed E-state index contributed by atoms with van der Waals surface area (Å²) in [5, 5.41) is 3.07. The zero-order valence-electron chi connectivity index (χ0n) is 8.41. The molecule has 0 saturated carbocycles. The molecule has 15 heavy (non-hydrogen) atoms. The highest BCUT2D eigenvalue weighted by Gasteiger charge is 2.33. The third kappa shape index (κ3) is 1.74. The lowest BCUT2D eigenvalue weighted by molar-refractivity contribution is 0.389. The van der Waals surface area contributed by atoms with Crippen molar-refractivity contribution >= 4 is 0 Å². The lowest BCUT2D eigenvalue weighted by atomic mass is 9.90. The maximum Gasteiger partial charge on any atom is 0.164 e. The van der Waals surface area contributed by atoms with Crippen molar-refractivity contribution in [3.05, 3.63) is 35.1 Å². The first kappa shape index (κ1) is 10.5. The topological polar surface area (TPSA) is 12.0 Å². The normalized spacial score (nSPS) is 25.9. The van der Waals surface area contributed by atoms with Crippen LogP contribution in [0.15, 0.2) is 12.1 Å². The van der Waals surface area contributed by atoms with E-state index >= 15 is 0 Å². The Hall–Kier alpha value is -1.03. The van der Waals surface area contributed by atoms with E-state index < -0.39 is 23.0 Å². The molecular formula is C11H12F3N. The van der Waals surface area contributed by atoms with Crippen LogP contribution in [0.25, 0.3) is 0 Å². The summed E-state index contributed by atoms with van der Waals surface area (Å²) in [5.41, 5.74) is -0.565. The molecule has 1 N–H and O–H groups in total. The predicted molar refractivity (Wildman–Crippen MR) is 50.9 cm³/mol. The maximum absolute atomic E-state index is 13.5. The van der Waals surface area contributed by atoms with E-state index in [4.69, 9.17) is 0 Å². The molecule has 82 valence electrons. The molecule has 1 unspecified atom stereocenters. The Morgan fingerprint density at radius 2 is 2.00 bits per heavy atom. The Bertz CT molecular complexity index is 384. The number of halogens is 3. The number of rotatable bonds is 1. The lowest BCUT2D eigenvalue weighted by Crippen LogP contribution is -2.34. The van der Waals surface area contributed by atoms with Gasteiger partial charge >= 0.3 is 0 Å². The molecule has 0 aromatic heterocycles. The van der Waals surface area contributed by atoms with Crippen LogP contribution < -0.4 is 5.32 Å². The first-order chi connectivity index (χ1) is 7.03. The Labute approximate surface area is 86.3 Å². The smallest absolute Gasteiger partial charge is 0.164 e. The zero-order chi connectivity index (χ0) is 11.1. The minimum absolute atomic E-state index is 0.0810. The number of hydrogen-bond acceptors (Lipinski definition) is 1. The van der Waals surface area contributed by atoms with E-state index in [2.05, 4.69) is 5.32 Å². The molecule has 1 heterocycles. The molecule has 0 radical (unpaired) electrons. The van der Waals surface area contributed by atoms with E-state index in [1.165, 1.54) is 0 Å². The Kier molecular flexibility index (Phi) is 2.46. The molecule has 0 bridgehead atoms. The van der Waals surface area contributed by atoms with Crippen LogP contribution >= 0.6 is 0 Å². The molecule has 1 aromatic rings. The second-order valence-corrected chi connectivity index (χ2v) is 4.11. The second kappa shape index (κ2) is 3.52. The van der Waals surface area contributed by atoms with E-state index in [-0.39, 0.29) is 5.56 Å². The Balaban J connectivity index is 2.51. The number of nitrogens with one attached hydrogen (secondary N) is 1. The van der Waals surface area contributed by atoms with Gasteiger partial charge in [0.1, 0.15) is 5.82 Å². The van der Waals surface area contributed by atoms with E-state index in [0.717, 1.165) is 19.0 Å². The standard InChI is InChI=1S/C11H12F3N/c1-11(3-2-4-15-11)8-5-7(12)6-9(13)10(8)14/h5-6,15H,2-4H2,1H3. The van der Waals surface area contributed by atoms with Gasteiger partial charge < -0.3 is 5.32 Å². The monoisotopic (exact) mass is 215 g/mol. The average Bonchev–Trinajstić information content (AvgIpc) is 2.59. The largest absolute Gasteiger partial charge is 0.308 e. The Morgan fingerprint density at radius 1 is 1.27 bits per heavy atom. The van der Waals surface area contributed by atoms with Gasteiger partial charge in [-0.1, -0.05) is 0 Å². The summed E-state index contributed by atoms with van der Waals surface area (Å²) in [6, 6.07) is 1.63. The minimum atomic E-state index is -1.13. The van der Waals surface area contributed by atoms with Gasteiger partial charge in [0.2, 0.25) is 0 Å². The summed E-state index contributed by atoms with van der Waals surface area (Å²) < 4.78 is 39.5. The fourth-order valence-electron chi connectivity index (χ4n) is 2.08. The fraction of sp³-hybridized carbons (Fsp3) is 0.455. The van der Waals surface area contributed by atoms with Crippen LogP contribution in [0.1, 0.15) is 25.3 Å². The maximum atomic E-state index is 13.5. The van der Waals surface area contributed by atoms with Gasteiger partial charge in [-0.25, -0.2) is 13.2 Å². The quantitative estimate of drug-likeness (QED) is 0.710. The molecule has 1 aliphatic rings. The fourth-order valence-corrected chi connectivity index (χ4v) is 2.08. The third-order valence-corrected chi connectivity index (χ3v) is 2.96. The van der Waals surface area contributed by atoms with E-state index in [0.29, 0.717) is 12.5 Å². The van der Waals surface area contributed by atoms with Crippen LogP contribution in [0.5, 0.6) is 0 Å². The molecule has 1 saturated heterocycles. The van der Waals surface area contributed by atoms with Gasteiger partial charge in [0.15, 0.2) is 11.6 Å². The highest BCUT2D eigenvalue weighted by Crippen LogP contribution is 2.33. The van der Waals surface area contributed by atoms with E-state index in [1.54, 1.807) is 6.92 Å². The van der Waals surface area contributed by atoms with Gasteiger partial charge in [-0.2, -0.15) is 0 Å². The first-order valence-electron chi connectivity index (χ1n) is 4.93. The summed E-state index contributed by atoms with van der Waals surface area (Å²) >= 11 is 0. The predicted octanol–water partition coefficient (Wildman–Crippen LogP) is 2.70. The van der Waals surface area contributed by atoms with Crippen molar-refractivity contribution in [3.8, 4) is 0 Å². The molecule has 1 nitrogen and oxygen atoms in total. The molecule has 0 aliphatic carbocycles. The van der Waals surface area contributed by atoms with Gasteiger partial charge in [-0.05, 0) is 32.4 Å². The van der Waals surface area contributed by atoms with Crippen molar-refractivity contribution in [3.63, 3.8) is 0 Å². The summed E-state index contributed by atoms with van der Waals surface area (Å²) in [5.74, 6) is -2.81. The minimum Gasteiger partial charge on any atom is -0.308 e. The van der Waals surface area contributed by atoms with Crippen LogP contribution in [-0.4, -0.2) is 6.54 Å². The lowest BCUT2D eigenvalue weighted by Gasteiger charge is -2.25. The van der Waals surface area contributed by atoms with Gasteiger partial charge in [0.25, 0.3) is 0 Å². The van der Waals surface area contributed by atoms with Gasteiger partial charge in [0, 0.05) is 17.2 Å². The Morgan fingerprint density at radius 3 is 2.60 bits per heavy atom. The summed E-state index contributed by atoms with van der Waals surface area (Å²) in [6.45, 7) is 2.51. The number of benzene rings is 1. The SMILES string of the molecule is CC1(c2cc(F)cc(F)c2F)CCCN1. The van der Waals surface area contributed by atoms with Crippen molar-refractivity contribution in [1.82, 2.24) is 5.32 Å². The second-order valence-electron chi connectivity index (χ2n) is 4.11. The van der Waals surface area contributed by atoms with Crippen molar-refractivity contribution in [2.75, 3.05) is 6.54 Å². The molecule has 1 aromatic carbocycles. The molecule has 1 atom stereocenters. The molecule has 1 aliphatic heterocycles. The molecule has 4 heteroatoms. The highest BCUT2D eigenvalue weighted by atomic mass is 19.2. The van der Waals surface area contributed by atoms with E-state index in [1.807, 2.05) is 0 Å². The zero-order valence-corrected chi connectivity index (χ0v) is 8.41. The summed E-state index contributed by atoms with van der Waals surface area (Å²) in [6.07, 6.45) is 1.57. The van der Waals surface area contributed by atoms with Crippen LogP contribution in [0.3, 0.4) is 0 Å². The third-order valence-electron chi connectivity index (χ3n) is 2.96. The van der Waals surface area contributed by atoms with Crippen molar-refractivity contribution in [2.24, 2.45) is 0 Å². The van der Waals surface area contributed by atoms with Crippen LogP contribution in [0.4, 0.5) is 13.2 Å². The van der Waals surface area contributed by atoms with Crippen LogP contribution in [0, 0.1) is 17.5 Å². The molecule has 0 amide bonds. The van der Waals surface area contributed by atoms with Crippen molar-refractivity contribution in [2.45, 2.75) is 25.3 Å². The van der Waals surface area contributed by atoms with Gasteiger partial charge in [-0.3, -0.25) is 0 Å². The van der Waals surface area contributed by atoms with Crippen LogP contribution in [-0.2, 0) is 5.54 Å². The molecule has 2 rings (SSSR count). The molecule has 0 spiro atoms. The first-order valence-corrected chi connectivity index (χ1v) is 4.93. The summed E-state index contributed by atoms with van der Waals surface area (Å²) in [7, 11) is 0. The van der Waals surface area contributed by atoms with E-state index in [9.17, 15) is 13.2 Å². The highest BCUT2D eigenvalue weighted by molar-refractivity contribution is 5.28. The van der Waals surface area contributed by atoms with Crippen molar-refractivity contribution in [1.29, 1.82) is 0 Å². The molecular weight excluding hydrogens is 203 g/mol. The van der Waals surface area contributed by atoms with Crippen molar-refractivity contribution < 1.29 is 13.2 Å². The van der Waals surface area contributed by atoms with Crippen LogP contribution in [0.2, 0.25) is 0 Å².